The molecule has 0 bridgehead atoms. The van der Waals surface area contributed by atoms with Crippen molar-refractivity contribution < 1.29 is 9.72 Å². The predicted octanol–water partition coefficient (Wildman–Crippen LogP) is 1.55. The number of carbonyl (C=O) groups excluding carboxylic acids is 1. The van der Waals surface area contributed by atoms with Gasteiger partial charge in [-0.1, -0.05) is 0 Å². The third-order valence-electron chi connectivity index (χ3n) is 2.44. The molecule has 0 spiro atoms. The molecule has 1 aliphatic rings. The molecule has 0 aliphatic heterocycles. The zero-order chi connectivity index (χ0) is 13.1. The highest BCUT2D eigenvalue weighted by atomic mass is 32.2. The summed E-state index contributed by atoms with van der Waals surface area (Å²) in [4.78, 5) is 22.3. The number of benzene rings is 1. The van der Waals surface area contributed by atoms with Crippen LogP contribution in [0.4, 0.5) is 11.4 Å². The molecule has 0 saturated heterocycles. The fraction of sp³-hybridized carbons (Fsp3) is 0.364. The molecule has 0 radical (unpaired) electrons. The van der Waals surface area contributed by atoms with Crippen LogP contribution in [0, 0.1) is 10.1 Å². The number of nitro groups is 1. The Hall–Kier alpha value is -1.76. The van der Waals surface area contributed by atoms with Crippen molar-refractivity contribution in [2.75, 3.05) is 11.5 Å². The second-order valence-electron chi connectivity index (χ2n) is 4.15. The number of nitrogens with zero attached hydrogens (tertiary/aromatic N) is 1. The predicted molar refractivity (Wildman–Crippen MR) is 69.4 cm³/mol. The zero-order valence-electron chi connectivity index (χ0n) is 9.59. The highest BCUT2D eigenvalue weighted by molar-refractivity contribution is 8.00. The van der Waals surface area contributed by atoms with Crippen molar-refractivity contribution in [3.63, 3.8) is 0 Å². The maximum absolute atomic E-state index is 11.5. The molecular weight excluding hydrogens is 254 g/mol. The normalized spacial score (nSPS) is 14.2. The van der Waals surface area contributed by atoms with Crippen molar-refractivity contribution in [1.29, 1.82) is 0 Å². The first-order chi connectivity index (χ1) is 8.54. The number of rotatable bonds is 5. The summed E-state index contributed by atoms with van der Waals surface area (Å²) >= 11 is 1.25. The van der Waals surface area contributed by atoms with E-state index in [-0.39, 0.29) is 17.3 Å². The lowest BCUT2D eigenvalue weighted by molar-refractivity contribution is -0.385. The first kappa shape index (κ1) is 12.7. The van der Waals surface area contributed by atoms with Crippen LogP contribution in [-0.4, -0.2) is 22.6 Å². The molecule has 1 fully saturated rings. The van der Waals surface area contributed by atoms with Gasteiger partial charge in [-0.25, -0.2) is 0 Å². The van der Waals surface area contributed by atoms with Crippen LogP contribution in [0.3, 0.4) is 0 Å². The Morgan fingerprint density at radius 1 is 1.50 bits per heavy atom. The van der Waals surface area contributed by atoms with Gasteiger partial charge in [0, 0.05) is 28.8 Å². The molecule has 1 aromatic carbocycles. The van der Waals surface area contributed by atoms with Gasteiger partial charge < -0.3 is 11.1 Å². The van der Waals surface area contributed by atoms with Gasteiger partial charge in [-0.15, -0.1) is 11.8 Å². The maximum Gasteiger partial charge on any atom is 0.272 e. The van der Waals surface area contributed by atoms with E-state index < -0.39 is 4.92 Å². The Balaban J connectivity index is 1.95. The van der Waals surface area contributed by atoms with Gasteiger partial charge in [0.05, 0.1) is 10.7 Å². The fourth-order valence-corrected chi connectivity index (χ4v) is 2.25. The summed E-state index contributed by atoms with van der Waals surface area (Å²) < 4.78 is 0. The smallest absolute Gasteiger partial charge is 0.272 e. The van der Waals surface area contributed by atoms with E-state index in [1.165, 1.54) is 23.9 Å². The Kier molecular flexibility index (Phi) is 3.71. The molecule has 1 saturated carbocycles. The molecule has 6 nitrogen and oxygen atoms in total. The number of hydrogen-bond donors (Lipinski definition) is 2. The molecule has 1 aromatic rings. The highest BCUT2D eigenvalue weighted by Crippen LogP contribution is 2.26. The van der Waals surface area contributed by atoms with Crippen LogP contribution in [0.1, 0.15) is 12.8 Å². The minimum Gasteiger partial charge on any atom is -0.398 e. The average Bonchev–Trinajstić information content (AvgIpc) is 3.09. The minimum atomic E-state index is -0.495. The number of thioether (sulfide) groups is 1. The molecule has 3 N–H and O–H groups in total. The quantitative estimate of drug-likeness (QED) is 0.365. The van der Waals surface area contributed by atoms with E-state index in [9.17, 15) is 14.9 Å². The summed E-state index contributed by atoms with van der Waals surface area (Å²) in [5, 5.41) is 13.5. The van der Waals surface area contributed by atoms with E-state index >= 15 is 0 Å². The van der Waals surface area contributed by atoms with Gasteiger partial charge in [0.25, 0.3) is 5.69 Å². The first-order valence-electron chi connectivity index (χ1n) is 5.52. The van der Waals surface area contributed by atoms with Crippen LogP contribution in [0.2, 0.25) is 0 Å². The summed E-state index contributed by atoms with van der Waals surface area (Å²) in [6.07, 6.45) is 2.08. The lowest BCUT2D eigenvalue weighted by atomic mass is 10.3. The molecule has 7 heteroatoms. The Morgan fingerprint density at radius 3 is 2.83 bits per heavy atom. The SMILES string of the molecule is Nc1cc(SCC(=O)NC2CC2)cc([N+](=O)[O-])c1. The molecule has 0 atom stereocenters. The molecule has 1 aliphatic carbocycles. The molecule has 96 valence electrons. The third-order valence-corrected chi connectivity index (χ3v) is 3.41. The lowest BCUT2D eigenvalue weighted by Crippen LogP contribution is -2.26. The van der Waals surface area contributed by atoms with E-state index in [1.54, 1.807) is 6.07 Å². The number of nitro benzene ring substituents is 1. The van der Waals surface area contributed by atoms with Crippen molar-refractivity contribution in [2.24, 2.45) is 0 Å². The van der Waals surface area contributed by atoms with Gasteiger partial charge in [-0.05, 0) is 18.9 Å². The molecule has 1 amide bonds. The topological polar surface area (TPSA) is 98.3 Å². The number of non-ortho nitro benzene ring substituents is 1. The summed E-state index contributed by atoms with van der Waals surface area (Å²) in [7, 11) is 0. The van der Waals surface area contributed by atoms with Crippen LogP contribution in [0.5, 0.6) is 0 Å². The van der Waals surface area contributed by atoms with Gasteiger partial charge in [-0.2, -0.15) is 0 Å². The van der Waals surface area contributed by atoms with Crippen molar-refractivity contribution in [2.45, 2.75) is 23.8 Å². The van der Waals surface area contributed by atoms with Crippen molar-refractivity contribution >= 4 is 29.0 Å². The summed E-state index contributed by atoms with van der Waals surface area (Å²) in [6.45, 7) is 0. The molecule has 0 aromatic heterocycles. The standard InChI is InChI=1S/C11H13N3O3S/c12-7-3-9(14(16)17)5-10(4-7)18-6-11(15)13-8-1-2-8/h3-5,8H,1-2,6,12H2,(H,13,15). The van der Waals surface area contributed by atoms with E-state index in [4.69, 9.17) is 5.73 Å². The fourth-order valence-electron chi connectivity index (χ4n) is 1.44. The number of anilines is 1. The zero-order valence-corrected chi connectivity index (χ0v) is 10.4. The van der Waals surface area contributed by atoms with Crippen molar-refractivity contribution in [3.05, 3.63) is 28.3 Å². The largest absolute Gasteiger partial charge is 0.398 e. The van der Waals surface area contributed by atoms with Gasteiger partial charge in [0.15, 0.2) is 0 Å². The molecule has 0 heterocycles. The molecular formula is C11H13N3O3S. The number of nitrogen functional groups attached to an aromatic ring is 1. The number of amides is 1. The van der Waals surface area contributed by atoms with Gasteiger partial charge >= 0.3 is 0 Å². The Bertz CT molecular complexity index is 488. The third kappa shape index (κ3) is 3.63. The van der Waals surface area contributed by atoms with E-state index in [2.05, 4.69) is 5.32 Å². The van der Waals surface area contributed by atoms with E-state index in [1.807, 2.05) is 0 Å². The summed E-state index contributed by atoms with van der Waals surface area (Å²) in [6, 6.07) is 4.68. The number of carbonyl (C=O) groups is 1. The average molecular weight is 267 g/mol. The highest BCUT2D eigenvalue weighted by Gasteiger charge is 2.23. The van der Waals surface area contributed by atoms with Crippen LogP contribution in [0.25, 0.3) is 0 Å². The monoisotopic (exact) mass is 267 g/mol. The Labute approximate surface area is 108 Å². The summed E-state index contributed by atoms with van der Waals surface area (Å²) in [5.74, 6) is 0.199. The van der Waals surface area contributed by atoms with E-state index in [0.717, 1.165) is 12.8 Å². The van der Waals surface area contributed by atoms with Crippen molar-refractivity contribution in [1.82, 2.24) is 5.32 Å². The lowest BCUT2D eigenvalue weighted by Gasteiger charge is -2.04. The van der Waals surface area contributed by atoms with Crippen LogP contribution < -0.4 is 11.1 Å². The molecule has 18 heavy (non-hydrogen) atoms. The second-order valence-corrected chi connectivity index (χ2v) is 5.20. The second kappa shape index (κ2) is 5.26. The number of hydrogen-bond acceptors (Lipinski definition) is 5. The number of nitrogens with one attached hydrogen (secondary N) is 1. The van der Waals surface area contributed by atoms with Crippen LogP contribution in [0.15, 0.2) is 23.1 Å². The van der Waals surface area contributed by atoms with Crippen LogP contribution >= 0.6 is 11.8 Å². The Morgan fingerprint density at radius 2 is 2.22 bits per heavy atom. The summed E-state index contributed by atoms with van der Waals surface area (Å²) in [5.41, 5.74) is 5.85. The maximum atomic E-state index is 11.5. The van der Waals surface area contributed by atoms with Crippen LogP contribution in [-0.2, 0) is 4.79 Å². The van der Waals surface area contributed by atoms with Gasteiger partial charge in [-0.3, -0.25) is 14.9 Å². The molecule has 0 unspecified atom stereocenters. The van der Waals surface area contributed by atoms with Crippen molar-refractivity contribution in [3.8, 4) is 0 Å². The first-order valence-corrected chi connectivity index (χ1v) is 6.50. The van der Waals surface area contributed by atoms with E-state index in [0.29, 0.717) is 16.6 Å². The molecule has 2 rings (SSSR count). The minimum absolute atomic E-state index is 0.0485. The van der Waals surface area contributed by atoms with Gasteiger partial charge in [0.2, 0.25) is 5.91 Å². The number of nitrogens with two attached hydrogens (primary N) is 1. The van der Waals surface area contributed by atoms with Gasteiger partial charge in [0.1, 0.15) is 0 Å².